The third-order valence-corrected chi connectivity index (χ3v) is 2.34. The lowest BCUT2D eigenvalue weighted by Crippen LogP contribution is -2.33. The zero-order valence-corrected chi connectivity index (χ0v) is 7.31. The molecule has 1 amide bonds. The van der Waals surface area contributed by atoms with Crippen LogP contribution in [0.2, 0.25) is 0 Å². The Morgan fingerprint density at radius 1 is 1.67 bits per heavy atom. The highest BCUT2D eigenvalue weighted by atomic mass is 16.2. The molecule has 4 nitrogen and oxygen atoms in total. The number of nitrogens with two attached hydrogens (primary N) is 1. The van der Waals surface area contributed by atoms with Crippen LogP contribution < -0.4 is 16.6 Å². The quantitative estimate of drug-likeness (QED) is 0.312. The molecule has 0 spiro atoms. The highest BCUT2D eigenvalue weighted by molar-refractivity contribution is 5.75. The van der Waals surface area contributed by atoms with E-state index in [-0.39, 0.29) is 5.91 Å². The molecule has 1 fully saturated rings. The number of hydrazine groups is 1. The molecule has 1 saturated heterocycles. The summed E-state index contributed by atoms with van der Waals surface area (Å²) in [6.07, 6.45) is 3.98. The number of hydrogen-bond acceptors (Lipinski definition) is 3. The number of nitrogens with one attached hydrogen (secondary N) is 2. The Hall–Kier alpha value is -0.610. The van der Waals surface area contributed by atoms with E-state index in [1.165, 1.54) is 12.8 Å². The third-order valence-electron chi connectivity index (χ3n) is 2.34. The highest BCUT2D eigenvalue weighted by Crippen LogP contribution is 2.15. The Balaban J connectivity index is 2.09. The summed E-state index contributed by atoms with van der Waals surface area (Å²) in [5.41, 5.74) is 2.15. The van der Waals surface area contributed by atoms with E-state index in [1.54, 1.807) is 0 Å². The van der Waals surface area contributed by atoms with Gasteiger partial charge in [0.25, 0.3) is 0 Å². The van der Waals surface area contributed by atoms with Gasteiger partial charge in [0.2, 0.25) is 5.91 Å². The molecule has 4 N–H and O–H groups in total. The van der Waals surface area contributed by atoms with Gasteiger partial charge in [-0.1, -0.05) is 0 Å². The molecule has 12 heavy (non-hydrogen) atoms. The predicted octanol–water partition coefficient (Wildman–Crippen LogP) is -0.244. The Kier molecular flexibility index (Phi) is 4.04. The summed E-state index contributed by atoms with van der Waals surface area (Å²) in [6.45, 7) is 2.18. The molecular formula is C8H17N3O. The van der Waals surface area contributed by atoms with Crippen LogP contribution in [0.1, 0.15) is 25.7 Å². The summed E-state index contributed by atoms with van der Waals surface area (Å²) in [4.78, 5) is 10.8. The van der Waals surface area contributed by atoms with Crippen LogP contribution in [0.5, 0.6) is 0 Å². The number of rotatable bonds is 3. The van der Waals surface area contributed by atoms with Crippen LogP contribution in [0, 0.1) is 5.92 Å². The Morgan fingerprint density at radius 2 is 2.50 bits per heavy atom. The van der Waals surface area contributed by atoms with Gasteiger partial charge in [0.05, 0.1) is 0 Å². The smallest absolute Gasteiger partial charge is 0.233 e. The second-order valence-corrected chi connectivity index (χ2v) is 3.32. The van der Waals surface area contributed by atoms with Crippen LogP contribution in [0.3, 0.4) is 0 Å². The topological polar surface area (TPSA) is 67.1 Å². The van der Waals surface area contributed by atoms with Gasteiger partial charge in [0.1, 0.15) is 0 Å². The number of hydrogen-bond donors (Lipinski definition) is 3. The van der Waals surface area contributed by atoms with Crippen molar-refractivity contribution in [2.24, 2.45) is 11.8 Å². The predicted molar refractivity (Wildman–Crippen MR) is 47.2 cm³/mol. The molecular weight excluding hydrogens is 154 g/mol. The first-order chi connectivity index (χ1) is 5.83. The van der Waals surface area contributed by atoms with Crippen molar-refractivity contribution in [1.82, 2.24) is 10.7 Å². The van der Waals surface area contributed by atoms with E-state index in [2.05, 4.69) is 10.7 Å². The van der Waals surface area contributed by atoms with E-state index in [4.69, 9.17) is 5.84 Å². The van der Waals surface area contributed by atoms with Crippen molar-refractivity contribution in [3.8, 4) is 0 Å². The maximum absolute atomic E-state index is 10.8. The fourth-order valence-corrected chi connectivity index (χ4v) is 1.58. The van der Waals surface area contributed by atoms with E-state index >= 15 is 0 Å². The summed E-state index contributed by atoms with van der Waals surface area (Å²) in [7, 11) is 0. The minimum Gasteiger partial charge on any atom is -0.316 e. The van der Waals surface area contributed by atoms with Crippen LogP contribution in [-0.2, 0) is 4.79 Å². The summed E-state index contributed by atoms with van der Waals surface area (Å²) in [5.74, 6) is 5.58. The standard InChI is InChI=1S/C8H17N3O/c9-11-8(12)4-3-7-2-1-5-10-6-7/h7,10H,1-6,9H2,(H,11,12). The van der Waals surface area contributed by atoms with Gasteiger partial charge in [-0.2, -0.15) is 0 Å². The molecule has 0 aromatic rings. The minimum atomic E-state index is -0.0550. The first kappa shape index (κ1) is 9.48. The first-order valence-corrected chi connectivity index (χ1v) is 4.53. The number of amides is 1. The van der Waals surface area contributed by atoms with Crippen molar-refractivity contribution in [3.05, 3.63) is 0 Å². The zero-order chi connectivity index (χ0) is 8.81. The Bertz CT molecular complexity index is 143. The molecule has 1 atom stereocenters. The number of carbonyl (C=O) groups is 1. The van der Waals surface area contributed by atoms with Gasteiger partial charge in [0, 0.05) is 6.42 Å². The van der Waals surface area contributed by atoms with Crippen molar-refractivity contribution >= 4 is 5.91 Å². The second kappa shape index (κ2) is 5.11. The molecule has 0 radical (unpaired) electrons. The van der Waals surface area contributed by atoms with E-state index in [1.807, 2.05) is 0 Å². The maximum Gasteiger partial charge on any atom is 0.233 e. The molecule has 1 unspecified atom stereocenters. The molecule has 0 aliphatic carbocycles. The molecule has 1 aliphatic heterocycles. The van der Waals surface area contributed by atoms with Crippen LogP contribution in [0.15, 0.2) is 0 Å². The first-order valence-electron chi connectivity index (χ1n) is 4.53. The second-order valence-electron chi connectivity index (χ2n) is 3.32. The van der Waals surface area contributed by atoms with Crippen molar-refractivity contribution in [3.63, 3.8) is 0 Å². The SMILES string of the molecule is NNC(=O)CCC1CCCNC1. The summed E-state index contributed by atoms with van der Waals surface area (Å²) in [5, 5.41) is 3.31. The molecule has 1 aliphatic rings. The highest BCUT2D eigenvalue weighted by Gasteiger charge is 2.13. The molecule has 1 rings (SSSR count). The van der Waals surface area contributed by atoms with Crippen molar-refractivity contribution in [2.45, 2.75) is 25.7 Å². The van der Waals surface area contributed by atoms with Crippen LogP contribution in [-0.4, -0.2) is 19.0 Å². The lowest BCUT2D eigenvalue weighted by atomic mass is 9.95. The Labute approximate surface area is 72.9 Å². The largest absolute Gasteiger partial charge is 0.316 e. The minimum absolute atomic E-state index is 0.0550. The Morgan fingerprint density at radius 3 is 3.08 bits per heavy atom. The van der Waals surface area contributed by atoms with Gasteiger partial charge in [-0.3, -0.25) is 10.2 Å². The molecule has 0 bridgehead atoms. The van der Waals surface area contributed by atoms with E-state index in [0.29, 0.717) is 12.3 Å². The average Bonchev–Trinajstić information content (AvgIpc) is 2.16. The van der Waals surface area contributed by atoms with Crippen molar-refractivity contribution in [2.75, 3.05) is 13.1 Å². The van der Waals surface area contributed by atoms with Gasteiger partial charge in [-0.05, 0) is 38.3 Å². The molecule has 0 saturated carbocycles. The fourth-order valence-electron chi connectivity index (χ4n) is 1.58. The number of piperidine rings is 1. The summed E-state index contributed by atoms with van der Waals surface area (Å²) >= 11 is 0. The molecule has 0 aromatic carbocycles. The average molecular weight is 171 g/mol. The molecule has 0 aromatic heterocycles. The fraction of sp³-hybridized carbons (Fsp3) is 0.875. The van der Waals surface area contributed by atoms with Gasteiger partial charge in [-0.15, -0.1) is 0 Å². The van der Waals surface area contributed by atoms with Crippen LogP contribution in [0.4, 0.5) is 0 Å². The van der Waals surface area contributed by atoms with Crippen LogP contribution >= 0.6 is 0 Å². The van der Waals surface area contributed by atoms with Crippen LogP contribution in [0.25, 0.3) is 0 Å². The van der Waals surface area contributed by atoms with E-state index in [0.717, 1.165) is 19.5 Å². The zero-order valence-electron chi connectivity index (χ0n) is 7.31. The van der Waals surface area contributed by atoms with Crippen molar-refractivity contribution in [1.29, 1.82) is 0 Å². The molecule has 1 heterocycles. The number of carbonyl (C=O) groups excluding carboxylic acids is 1. The maximum atomic E-state index is 10.8. The monoisotopic (exact) mass is 171 g/mol. The molecule has 70 valence electrons. The lowest BCUT2D eigenvalue weighted by molar-refractivity contribution is -0.121. The van der Waals surface area contributed by atoms with Gasteiger partial charge in [0.15, 0.2) is 0 Å². The van der Waals surface area contributed by atoms with Gasteiger partial charge in [-0.25, -0.2) is 5.84 Å². The molecule has 4 heteroatoms. The van der Waals surface area contributed by atoms with Crippen molar-refractivity contribution < 1.29 is 4.79 Å². The van der Waals surface area contributed by atoms with Gasteiger partial charge >= 0.3 is 0 Å². The summed E-state index contributed by atoms with van der Waals surface area (Å²) < 4.78 is 0. The third kappa shape index (κ3) is 3.19. The van der Waals surface area contributed by atoms with E-state index < -0.39 is 0 Å². The van der Waals surface area contributed by atoms with Gasteiger partial charge < -0.3 is 5.32 Å². The van der Waals surface area contributed by atoms with E-state index in [9.17, 15) is 4.79 Å². The summed E-state index contributed by atoms with van der Waals surface area (Å²) in [6, 6.07) is 0. The lowest BCUT2D eigenvalue weighted by Gasteiger charge is -2.21. The normalized spacial score (nSPS) is 23.6.